The first-order valence-corrected chi connectivity index (χ1v) is 7.93. The summed E-state index contributed by atoms with van der Waals surface area (Å²) in [4.78, 5) is 14.9. The van der Waals surface area contributed by atoms with E-state index in [9.17, 15) is 4.79 Å². The largest absolute Gasteiger partial charge is 0.480 e. The van der Waals surface area contributed by atoms with Crippen molar-refractivity contribution in [3.05, 3.63) is 65.7 Å². The smallest absolute Gasteiger partial charge is 0.264 e. The molecule has 2 aliphatic rings. The number of ether oxygens (including phenoxy) is 1. The van der Waals surface area contributed by atoms with Crippen molar-refractivity contribution < 1.29 is 9.53 Å². The summed E-state index contributed by atoms with van der Waals surface area (Å²) in [5, 5.41) is 0. The summed E-state index contributed by atoms with van der Waals surface area (Å²) in [5.41, 5.74) is 2.36. The molecule has 0 unspecified atom stereocenters. The van der Waals surface area contributed by atoms with Gasteiger partial charge in [0, 0.05) is 13.0 Å². The molecule has 22 heavy (non-hydrogen) atoms. The molecule has 2 aliphatic heterocycles. The van der Waals surface area contributed by atoms with E-state index in [4.69, 9.17) is 4.74 Å². The zero-order chi connectivity index (χ0) is 14.9. The van der Waals surface area contributed by atoms with Crippen molar-refractivity contribution in [1.82, 2.24) is 4.90 Å². The molecule has 2 atom stereocenters. The van der Waals surface area contributed by atoms with Crippen LogP contribution in [0.1, 0.15) is 30.0 Å². The molecule has 3 heteroatoms. The fraction of sp³-hybridized carbons (Fsp3) is 0.316. The Morgan fingerprint density at radius 1 is 1.05 bits per heavy atom. The van der Waals surface area contributed by atoms with Gasteiger partial charge >= 0.3 is 0 Å². The van der Waals surface area contributed by atoms with E-state index in [-0.39, 0.29) is 18.1 Å². The van der Waals surface area contributed by atoms with Gasteiger partial charge in [-0.15, -0.1) is 0 Å². The number of para-hydroxylation sites is 1. The first-order chi connectivity index (χ1) is 10.8. The van der Waals surface area contributed by atoms with E-state index < -0.39 is 0 Å². The Bertz CT molecular complexity index is 658. The van der Waals surface area contributed by atoms with Gasteiger partial charge in [-0.3, -0.25) is 4.79 Å². The molecule has 0 radical (unpaired) electrons. The lowest BCUT2D eigenvalue weighted by molar-refractivity contribution is -0.138. The van der Waals surface area contributed by atoms with Crippen molar-refractivity contribution in [2.75, 3.05) is 6.54 Å². The maximum absolute atomic E-state index is 12.9. The molecule has 0 aliphatic carbocycles. The molecule has 2 aromatic carbocycles. The Hall–Kier alpha value is -2.29. The van der Waals surface area contributed by atoms with Crippen LogP contribution in [0.25, 0.3) is 0 Å². The van der Waals surface area contributed by atoms with Crippen LogP contribution in [0, 0.1) is 0 Å². The number of nitrogens with zero attached hydrogens (tertiary/aromatic N) is 1. The molecule has 0 N–H and O–H groups in total. The van der Waals surface area contributed by atoms with Crippen LogP contribution in [0.15, 0.2) is 54.6 Å². The summed E-state index contributed by atoms with van der Waals surface area (Å²) in [6, 6.07) is 18.5. The van der Waals surface area contributed by atoms with Crippen molar-refractivity contribution in [3.63, 3.8) is 0 Å². The first kappa shape index (κ1) is 13.4. The van der Waals surface area contributed by atoms with Crippen LogP contribution < -0.4 is 4.74 Å². The average Bonchev–Trinajstić information content (AvgIpc) is 3.21. The van der Waals surface area contributed by atoms with Gasteiger partial charge in [0.25, 0.3) is 5.91 Å². The lowest BCUT2D eigenvalue weighted by Crippen LogP contribution is -2.40. The third-order valence-corrected chi connectivity index (χ3v) is 4.64. The van der Waals surface area contributed by atoms with E-state index in [0.717, 1.165) is 30.7 Å². The highest BCUT2D eigenvalue weighted by Gasteiger charge is 2.37. The monoisotopic (exact) mass is 293 g/mol. The summed E-state index contributed by atoms with van der Waals surface area (Å²) in [6.45, 7) is 0.828. The second kappa shape index (κ2) is 5.48. The van der Waals surface area contributed by atoms with Crippen LogP contribution in [0.4, 0.5) is 0 Å². The van der Waals surface area contributed by atoms with Gasteiger partial charge in [-0.1, -0.05) is 48.5 Å². The van der Waals surface area contributed by atoms with Gasteiger partial charge in [-0.05, 0) is 30.0 Å². The molecule has 3 nitrogen and oxygen atoms in total. The van der Waals surface area contributed by atoms with Crippen LogP contribution in [-0.2, 0) is 11.2 Å². The summed E-state index contributed by atoms with van der Waals surface area (Å²) in [6.07, 6.45) is 2.43. The molecule has 0 spiro atoms. The highest BCUT2D eigenvalue weighted by molar-refractivity contribution is 5.83. The van der Waals surface area contributed by atoms with E-state index in [1.54, 1.807) is 0 Å². The Kier molecular flexibility index (Phi) is 3.34. The number of hydrogen-bond acceptors (Lipinski definition) is 2. The van der Waals surface area contributed by atoms with E-state index in [1.165, 1.54) is 5.56 Å². The number of carbonyl (C=O) groups is 1. The van der Waals surface area contributed by atoms with Crippen molar-refractivity contribution in [3.8, 4) is 5.75 Å². The summed E-state index contributed by atoms with van der Waals surface area (Å²) < 4.78 is 5.87. The Balaban J connectivity index is 1.53. The normalized spacial score (nSPS) is 23.2. The standard InChI is InChI=1S/C19H19NO2/c21-19(18-13-15-9-4-5-11-17(15)22-18)20-12-6-10-16(20)14-7-2-1-3-8-14/h1-5,7-9,11,16,18H,6,10,12-13H2/t16-,18-/m0/s1. The Labute approximate surface area is 130 Å². The van der Waals surface area contributed by atoms with E-state index in [2.05, 4.69) is 12.1 Å². The Morgan fingerprint density at radius 3 is 2.64 bits per heavy atom. The van der Waals surface area contributed by atoms with Gasteiger partial charge < -0.3 is 9.64 Å². The molecule has 0 aromatic heterocycles. The highest BCUT2D eigenvalue weighted by atomic mass is 16.5. The molecule has 2 heterocycles. The summed E-state index contributed by atoms with van der Waals surface area (Å²) in [7, 11) is 0. The number of fused-ring (bicyclic) bond motifs is 1. The van der Waals surface area contributed by atoms with Gasteiger partial charge in [-0.25, -0.2) is 0 Å². The molecule has 1 amide bonds. The highest BCUT2D eigenvalue weighted by Crippen LogP contribution is 2.35. The lowest BCUT2D eigenvalue weighted by atomic mass is 10.0. The second-order valence-corrected chi connectivity index (χ2v) is 6.02. The number of amides is 1. The van der Waals surface area contributed by atoms with Gasteiger partial charge in [0.05, 0.1) is 6.04 Å². The number of likely N-dealkylation sites (tertiary alicyclic amines) is 1. The maximum atomic E-state index is 12.9. The van der Waals surface area contributed by atoms with Crippen molar-refractivity contribution in [1.29, 1.82) is 0 Å². The molecular formula is C19H19NO2. The molecule has 4 rings (SSSR count). The summed E-state index contributed by atoms with van der Waals surface area (Å²) in [5.74, 6) is 0.985. The predicted octanol–water partition coefficient (Wildman–Crippen LogP) is 3.35. The minimum absolute atomic E-state index is 0.127. The molecule has 2 aromatic rings. The molecule has 0 saturated carbocycles. The topological polar surface area (TPSA) is 29.5 Å². The average molecular weight is 293 g/mol. The lowest BCUT2D eigenvalue weighted by Gasteiger charge is -2.27. The fourth-order valence-corrected chi connectivity index (χ4v) is 3.56. The van der Waals surface area contributed by atoms with Crippen LogP contribution in [-0.4, -0.2) is 23.5 Å². The first-order valence-electron chi connectivity index (χ1n) is 7.93. The molecular weight excluding hydrogens is 274 g/mol. The molecule has 1 fully saturated rings. The SMILES string of the molecule is O=C([C@@H]1Cc2ccccc2O1)N1CCC[C@H]1c1ccccc1. The van der Waals surface area contributed by atoms with E-state index >= 15 is 0 Å². The van der Waals surface area contributed by atoms with Crippen LogP contribution in [0.5, 0.6) is 5.75 Å². The molecule has 112 valence electrons. The zero-order valence-electron chi connectivity index (χ0n) is 12.4. The number of hydrogen-bond donors (Lipinski definition) is 0. The van der Waals surface area contributed by atoms with Gasteiger partial charge in [0.1, 0.15) is 5.75 Å². The summed E-state index contributed by atoms with van der Waals surface area (Å²) >= 11 is 0. The third kappa shape index (κ3) is 2.27. The second-order valence-electron chi connectivity index (χ2n) is 6.02. The number of rotatable bonds is 2. The predicted molar refractivity (Wildman–Crippen MR) is 84.7 cm³/mol. The number of benzene rings is 2. The molecule has 0 bridgehead atoms. The Morgan fingerprint density at radius 2 is 1.82 bits per heavy atom. The zero-order valence-corrected chi connectivity index (χ0v) is 12.4. The van der Waals surface area contributed by atoms with Crippen molar-refractivity contribution >= 4 is 5.91 Å². The quantitative estimate of drug-likeness (QED) is 0.850. The van der Waals surface area contributed by atoms with Crippen molar-refractivity contribution in [2.45, 2.75) is 31.4 Å². The molecule has 1 saturated heterocycles. The van der Waals surface area contributed by atoms with Gasteiger partial charge in [0.2, 0.25) is 0 Å². The van der Waals surface area contributed by atoms with Crippen LogP contribution in [0.2, 0.25) is 0 Å². The van der Waals surface area contributed by atoms with E-state index in [1.807, 2.05) is 47.4 Å². The van der Waals surface area contributed by atoms with Crippen molar-refractivity contribution in [2.24, 2.45) is 0 Å². The van der Waals surface area contributed by atoms with Crippen LogP contribution >= 0.6 is 0 Å². The minimum atomic E-state index is -0.360. The fourth-order valence-electron chi connectivity index (χ4n) is 3.56. The maximum Gasteiger partial charge on any atom is 0.264 e. The van der Waals surface area contributed by atoms with Gasteiger partial charge in [-0.2, -0.15) is 0 Å². The van der Waals surface area contributed by atoms with E-state index in [0.29, 0.717) is 6.42 Å². The van der Waals surface area contributed by atoms with Crippen LogP contribution in [0.3, 0.4) is 0 Å². The minimum Gasteiger partial charge on any atom is -0.480 e. The number of carbonyl (C=O) groups excluding carboxylic acids is 1. The third-order valence-electron chi connectivity index (χ3n) is 4.64. The van der Waals surface area contributed by atoms with Gasteiger partial charge in [0.15, 0.2) is 6.10 Å².